The zero-order valence-corrected chi connectivity index (χ0v) is 14.2. The quantitative estimate of drug-likeness (QED) is 0.819. The summed E-state index contributed by atoms with van der Waals surface area (Å²) < 4.78 is 5.55. The van der Waals surface area contributed by atoms with E-state index in [4.69, 9.17) is 4.74 Å². The lowest BCUT2D eigenvalue weighted by Gasteiger charge is -2.20. The molecular formula is C19H22N2O3. The van der Waals surface area contributed by atoms with Gasteiger partial charge in [0.15, 0.2) is 0 Å². The molecule has 0 heterocycles. The SMILES string of the molecule is CC(=O)N(C)c1ccc(N(C)C(=O)CCOc2ccccc2)cc1. The molecule has 0 aromatic heterocycles. The van der Waals surface area contributed by atoms with Gasteiger partial charge in [0.1, 0.15) is 5.75 Å². The normalized spacial score (nSPS) is 10.1. The van der Waals surface area contributed by atoms with E-state index in [1.54, 1.807) is 23.9 Å². The molecule has 0 saturated heterocycles. The molecular weight excluding hydrogens is 304 g/mol. The van der Waals surface area contributed by atoms with Gasteiger partial charge in [0.25, 0.3) is 0 Å². The van der Waals surface area contributed by atoms with E-state index in [1.165, 1.54) is 6.92 Å². The molecule has 0 fully saturated rings. The summed E-state index contributed by atoms with van der Waals surface area (Å²) in [4.78, 5) is 26.7. The van der Waals surface area contributed by atoms with E-state index in [1.807, 2.05) is 54.6 Å². The van der Waals surface area contributed by atoms with Gasteiger partial charge in [-0.2, -0.15) is 0 Å². The first-order chi connectivity index (χ1) is 11.5. The number of carbonyl (C=O) groups is 2. The fraction of sp³-hybridized carbons (Fsp3) is 0.263. The fourth-order valence-corrected chi connectivity index (χ4v) is 2.17. The summed E-state index contributed by atoms with van der Waals surface area (Å²) in [6.07, 6.45) is 0.292. The van der Waals surface area contributed by atoms with Crippen molar-refractivity contribution in [3.8, 4) is 5.75 Å². The van der Waals surface area contributed by atoms with E-state index in [0.29, 0.717) is 13.0 Å². The van der Waals surface area contributed by atoms with Crippen molar-refractivity contribution in [3.63, 3.8) is 0 Å². The van der Waals surface area contributed by atoms with Crippen molar-refractivity contribution in [2.24, 2.45) is 0 Å². The lowest BCUT2D eigenvalue weighted by atomic mass is 10.2. The summed E-state index contributed by atoms with van der Waals surface area (Å²) in [6.45, 7) is 1.84. The van der Waals surface area contributed by atoms with Crippen LogP contribution in [0.25, 0.3) is 0 Å². The predicted molar refractivity (Wildman–Crippen MR) is 95.5 cm³/mol. The highest BCUT2D eigenvalue weighted by Crippen LogP contribution is 2.20. The maximum atomic E-state index is 12.2. The van der Waals surface area contributed by atoms with E-state index in [9.17, 15) is 9.59 Å². The van der Waals surface area contributed by atoms with Gasteiger partial charge in [0.2, 0.25) is 11.8 Å². The molecule has 0 aliphatic heterocycles. The van der Waals surface area contributed by atoms with Crippen molar-refractivity contribution in [3.05, 3.63) is 54.6 Å². The molecule has 0 N–H and O–H groups in total. The van der Waals surface area contributed by atoms with Crippen LogP contribution in [0.15, 0.2) is 54.6 Å². The third kappa shape index (κ3) is 4.59. The van der Waals surface area contributed by atoms with E-state index in [0.717, 1.165) is 17.1 Å². The Morgan fingerprint density at radius 1 is 0.875 bits per heavy atom. The highest BCUT2D eigenvalue weighted by molar-refractivity contribution is 5.94. The topological polar surface area (TPSA) is 49.9 Å². The summed E-state index contributed by atoms with van der Waals surface area (Å²) >= 11 is 0. The summed E-state index contributed by atoms with van der Waals surface area (Å²) in [6, 6.07) is 16.7. The van der Waals surface area contributed by atoms with Crippen LogP contribution in [0.5, 0.6) is 5.75 Å². The van der Waals surface area contributed by atoms with Crippen LogP contribution < -0.4 is 14.5 Å². The number of amides is 2. The Morgan fingerprint density at radius 3 is 1.96 bits per heavy atom. The average Bonchev–Trinajstić information content (AvgIpc) is 2.61. The molecule has 0 radical (unpaired) electrons. The van der Waals surface area contributed by atoms with Crippen molar-refractivity contribution < 1.29 is 14.3 Å². The highest BCUT2D eigenvalue weighted by Gasteiger charge is 2.12. The average molecular weight is 326 g/mol. The van der Waals surface area contributed by atoms with Gasteiger partial charge < -0.3 is 14.5 Å². The van der Waals surface area contributed by atoms with Crippen molar-refractivity contribution in [2.45, 2.75) is 13.3 Å². The van der Waals surface area contributed by atoms with Gasteiger partial charge in [-0.25, -0.2) is 0 Å². The summed E-state index contributed by atoms with van der Waals surface area (Å²) in [5.41, 5.74) is 1.57. The summed E-state index contributed by atoms with van der Waals surface area (Å²) in [7, 11) is 3.45. The summed E-state index contributed by atoms with van der Waals surface area (Å²) in [5, 5.41) is 0. The number of carbonyl (C=O) groups excluding carboxylic acids is 2. The Kier molecular flexibility index (Phi) is 5.95. The number of nitrogens with zero attached hydrogens (tertiary/aromatic N) is 2. The van der Waals surface area contributed by atoms with E-state index in [-0.39, 0.29) is 11.8 Å². The number of anilines is 2. The second-order valence-electron chi connectivity index (χ2n) is 5.46. The number of ether oxygens (including phenoxy) is 1. The third-order valence-corrected chi connectivity index (χ3v) is 3.80. The first-order valence-electron chi connectivity index (χ1n) is 7.78. The van der Waals surface area contributed by atoms with Gasteiger partial charge in [0, 0.05) is 32.4 Å². The molecule has 0 aliphatic rings. The van der Waals surface area contributed by atoms with Gasteiger partial charge in [-0.05, 0) is 36.4 Å². The largest absolute Gasteiger partial charge is 0.493 e. The molecule has 2 aromatic rings. The van der Waals surface area contributed by atoms with Crippen LogP contribution >= 0.6 is 0 Å². The lowest BCUT2D eigenvalue weighted by molar-refractivity contribution is -0.119. The maximum Gasteiger partial charge on any atom is 0.230 e. The molecule has 2 rings (SSSR count). The zero-order chi connectivity index (χ0) is 17.5. The smallest absolute Gasteiger partial charge is 0.230 e. The number of hydrogen-bond donors (Lipinski definition) is 0. The first-order valence-corrected chi connectivity index (χ1v) is 7.78. The molecule has 0 spiro atoms. The van der Waals surface area contributed by atoms with Crippen LogP contribution in [0, 0.1) is 0 Å². The van der Waals surface area contributed by atoms with Crippen molar-refractivity contribution in [2.75, 3.05) is 30.5 Å². The fourth-order valence-electron chi connectivity index (χ4n) is 2.17. The monoisotopic (exact) mass is 326 g/mol. The second kappa shape index (κ2) is 8.15. The van der Waals surface area contributed by atoms with Gasteiger partial charge >= 0.3 is 0 Å². The highest BCUT2D eigenvalue weighted by atomic mass is 16.5. The molecule has 0 saturated carbocycles. The molecule has 0 atom stereocenters. The molecule has 0 aliphatic carbocycles. The number of rotatable bonds is 6. The lowest BCUT2D eigenvalue weighted by Crippen LogP contribution is -2.28. The van der Waals surface area contributed by atoms with Crippen molar-refractivity contribution in [1.29, 1.82) is 0 Å². The molecule has 24 heavy (non-hydrogen) atoms. The number of hydrogen-bond acceptors (Lipinski definition) is 3. The Bertz CT molecular complexity index is 684. The van der Waals surface area contributed by atoms with E-state index < -0.39 is 0 Å². The maximum absolute atomic E-state index is 12.2. The van der Waals surface area contributed by atoms with Gasteiger partial charge in [-0.3, -0.25) is 9.59 Å². The zero-order valence-electron chi connectivity index (χ0n) is 14.2. The molecule has 2 aromatic carbocycles. The summed E-state index contributed by atoms with van der Waals surface area (Å²) in [5.74, 6) is 0.688. The van der Waals surface area contributed by atoms with Crippen LogP contribution in [-0.2, 0) is 9.59 Å². The molecule has 5 nitrogen and oxygen atoms in total. The Hall–Kier alpha value is -2.82. The number of para-hydroxylation sites is 1. The first kappa shape index (κ1) is 17.5. The van der Waals surface area contributed by atoms with Gasteiger partial charge in [-0.1, -0.05) is 18.2 Å². The van der Waals surface area contributed by atoms with Gasteiger partial charge in [0.05, 0.1) is 13.0 Å². The van der Waals surface area contributed by atoms with Crippen LogP contribution in [0.4, 0.5) is 11.4 Å². The molecule has 126 valence electrons. The van der Waals surface area contributed by atoms with Crippen LogP contribution in [0.3, 0.4) is 0 Å². The van der Waals surface area contributed by atoms with Crippen LogP contribution in [0.1, 0.15) is 13.3 Å². The minimum absolute atomic E-state index is 0.0291. The Balaban J connectivity index is 1.89. The Morgan fingerprint density at radius 2 is 1.42 bits per heavy atom. The Labute approximate surface area is 142 Å². The molecule has 0 bridgehead atoms. The minimum Gasteiger partial charge on any atom is -0.493 e. The van der Waals surface area contributed by atoms with Crippen molar-refractivity contribution >= 4 is 23.2 Å². The minimum atomic E-state index is -0.0368. The van der Waals surface area contributed by atoms with E-state index >= 15 is 0 Å². The molecule has 5 heteroatoms. The standard InChI is InChI=1S/C19H22N2O3/c1-15(22)20(2)16-9-11-17(12-10-16)21(3)19(23)13-14-24-18-7-5-4-6-8-18/h4-12H,13-14H2,1-3H3. The van der Waals surface area contributed by atoms with Gasteiger partial charge in [-0.15, -0.1) is 0 Å². The van der Waals surface area contributed by atoms with Crippen LogP contribution in [0.2, 0.25) is 0 Å². The molecule has 2 amide bonds. The second-order valence-corrected chi connectivity index (χ2v) is 5.46. The third-order valence-electron chi connectivity index (χ3n) is 3.80. The van der Waals surface area contributed by atoms with E-state index in [2.05, 4.69) is 0 Å². The van der Waals surface area contributed by atoms with Crippen LogP contribution in [-0.4, -0.2) is 32.5 Å². The predicted octanol–water partition coefficient (Wildman–Crippen LogP) is 3.10. The van der Waals surface area contributed by atoms with Crippen molar-refractivity contribution in [1.82, 2.24) is 0 Å². The number of benzene rings is 2. The molecule has 0 unspecified atom stereocenters.